The number of halogens is 2. The second kappa shape index (κ2) is 7.82. The van der Waals surface area contributed by atoms with Gasteiger partial charge in [0, 0.05) is 18.4 Å². The molecule has 0 aliphatic heterocycles. The Labute approximate surface area is 190 Å². The SMILES string of the molecule is Cc1ccc2nc(-c3ccc(C)c(NC(=O)c4cc(I)ccc4I)c3)oc2c1. The zero-order valence-electron chi connectivity index (χ0n) is 15.2. The number of carbonyl (C=O) groups excluding carboxylic acids is 1. The lowest BCUT2D eigenvalue weighted by molar-refractivity contribution is 0.102. The molecule has 0 atom stereocenters. The van der Waals surface area contributed by atoms with Crippen LogP contribution >= 0.6 is 45.2 Å². The van der Waals surface area contributed by atoms with Crippen LogP contribution in [0, 0.1) is 21.0 Å². The molecule has 0 saturated carbocycles. The number of carbonyl (C=O) groups is 1. The standard InChI is InChI=1S/C22H16I2N2O2/c1-12-3-8-18-20(9-12)28-22(26-18)14-5-4-13(2)19(10-14)25-21(27)16-11-15(23)6-7-17(16)24/h3-11H,1-2H3,(H,25,27). The first-order chi connectivity index (χ1) is 13.4. The molecule has 140 valence electrons. The lowest BCUT2D eigenvalue weighted by Gasteiger charge is -2.11. The van der Waals surface area contributed by atoms with E-state index in [4.69, 9.17) is 4.42 Å². The van der Waals surface area contributed by atoms with Gasteiger partial charge in [-0.3, -0.25) is 4.79 Å². The number of nitrogens with zero attached hydrogens (tertiary/aromatic N) is 1. The van der Waals surface area contributed by atoms with Gasteiger partial charge in [-0.25, -0.2) is 4.98 Å². The topological polar surface area (TPSA) is 55.1 Å². The molecular formula is C22H16I2N2O2. The second-order valence-corrected chi connectivity index (χ2v) is 9.01. The third-order valence-electron chi connectivity index (χ3n) is 4.45. The van der Waals surface area contributed by atoms with E-state index in [1.165, 1.54) is 0 Å². The minimum Gasteiger partial charge on any atom is -0.436 e. The van der Waals surface area contributed by atoms with Crippen molar-refractivity contribution in [3.8, 4) is 11.5 Å². The Bertz CT molecular complexity index is 1210. The van der Waals surface area contributed by atoms with Gasteiger partial charge >= 0.3 is 0 Å². The fourth-order valence-corrected chi connectivity index (χ4v) is 3.98. The maximum Gasteiger partial charge on any atom is 0.256 e. The molecule has 4 nitrogen and oxygen atoms in total. The summed E-state index contributed by atoms with van der Waals surface area (Å²) in [4.78, 5) is 17.4. The van der Waals surface area contributed by atoms with Crippen molar-refractivity contribution in [2.24, 2.45) is 0 Å². The number of hydrogen-bond acceptors (Lipinski definition) is 3. The third kappa shape index (κ3) is 3.93. The van der Waals surface area contributed by atoms with E-state index in [0.717, 1.165) is 40.6 Å². The van der Waals surface area contributed by atoms with Gasteiger partial charge in [0.2, 0.25) is 5.89 Å². The molecule has 3 aromatic carbocycles. The number of benzene rings is 3. The van der Waals surface area contributed by atoms with Crippen molar-refractivity contribution in [2.45, 2.75) is 13.8 Å². The van der Waals surface area contributed by atoms with Crippen LogP contribution in [-0.4, -0.2) is 10.9 Å². The van der Waals surface area contributed by atoms with Crippen LogP contribution in [0.5, 0.6) is 0 Å². The number of anilines is 1. The number of rotatable bonds is 3. The van der Waals surface area contributed by atoms with E-state index in [1.54, 1.807) is 0 Å². The van der Waals surface area contributed by atoms with Crippen LogP contribution in [0.1, 0.15) is 21.5 Å². The van der Waals surface area contributed by atoms with Crippen molar-refractivity contribution in [3.05, 3.63) is 78.4 Å². The van der Waals surface area contributed by atoms with Crippen molar-refractivity contribution < 1.29 is 9.21 Å². The molecule has 4 rings (SSSR count). The zero-order valence-corrected chi connectivity index (χ0v) is 19.5. The molecule has 4 aromatic rings. The van der Waals surface area contributed by atoms with Crippen molar-refractivity contribution in [1.82, 2.24) is 4.98 Å². The lowest BCUT2D eigenvalue weighted by Crippen LogP contribution is -2.14. The van der Waals surface area contributed by atoms with Gasteiger partial charge in [-0.15, -0.1) is 0 Å². The van der Waals surface area contributed by atoms with Crippen LogP contribution in [-0.2, 0) is 0 Å². The van der Waals surface area contributed by atoms with Gasteiger partial charge in [0.1, 0.15) is 5.52 Å². The number of nitrogens with one attached hydrogen (secondary N) is 1. The van der Waals surface area contributed by atoms with Crippen LogP contribution in [0.3, 0.4) is 0 Å². The van der Waals surface area contributed by atoms with Gasteiger partial charge in [0.05, 0.1) is 5.56 Å². The first kappa shape index (κ1) is 19.4. The summed E-state index contributed by atoms with van der Waals surface area (Å²) < 4.78 is 7.87. The molecule has 0 aliphatic rings. The van der Waals surface area contributed by atoms with Crippen molar-refractivity contribution in [3.63, 3.8) is 0 Å². The van der Waals surface area contributed by atoms with Gasteiger partial charge in [-0.1, -0.05) is 12.1 Å². The smallest absolute Gasteiger partial charge is 0.256 e. The average molecular weight is 594 g/mol. The molecule has 6 heteroatoms. The maximum atomic E-state index is 12.8. The first-order valence-electron chi connectivity index (χ1n) is 8.65. The maximum absolute atomic E-state index is 12.8. The van der Waals surface area contributed by atoms with Crippen molar-refractivity contribution in [1.29, 1.82) is 0 Å². The Hall–Kier alpha value is -1.94. The molecule has 1 heterocycles. The van der Waals surface area contributed by atoms with Crippen LogP contribution in [0.25, 0.3) is 22.6 Å². The van der Waals surface area contributed by atoms with E-state index >= 15 is 0 Å². The summed E-state index contributed by atoms with van der Waals surface area (Å²) in [5, 5.41) is 3.03. The number of aromatic nitrogens is 1. The van der Waals surface area contributed by atoms with E-state index in [1.807, 2.05) is 68.4 Å². The van der Waals surface area contributed by atoms with Crippen LogP contribution in [0.2, 0.25) is 0 Å². The second-order valence-electron chi connectivity index (χ2n) is 6.60. The molecule has 0 bridgehead atoms. The molecular weight excluding hydrogens is 578 g/mol. The minimum atomic E-state index is -0.128. The first-order valence-corrected chi connectivity index (χ1v) is 10.8. The molecule has 1 amide bonds. The highest BCUT2D eigenvalue weighted by Gasteiger charge is 2.14. The number of aryl methyl sites for hydroxylation is 2. The molecule has 0 fully saturated rings. The molecule has 1 aromatic heterocycles. The summed E-state index contributed by atoms with van der Waals surface area (Å²) in [5.74, 6) is 0.413. The Morgan fingerprint density at radius 3 is 2.64 bits per heavy atom. The Morgan fingerprint density at radius 1 is 1.00 bits per heavy atom. The monoisotopic (exact) mass is 594 g/mol. The van der Waals surface area contributed by atoms with Gasteiger partial charge in [0.15, 0.2) is 5.58 Å². The highest BCUT2D eigenvalue weighted by molar-refractivity contribution is 14.1. The Morgan fingerprint density at radius 2 is 1.82 bits per heavy atom. The quantitative estimate of drug-likeness (QED) is 0.273. The van der Waals surface area contributed by atoms with Crippen LogP contribution in [0.15, 0.2) is 59.0 Å². The summed E-state index contributed by atoms with van der Waals surface area (Å²) in [6.45, 7) is 3.99. The van der Waals surface area contributed by atoms with E-state index < -0.39 is 0 Å². The normalized spacial score (nSPS) is 11.0. The van der Waals surface area contributed by atoms with Crippen LogP contribution in [0.4, 0.5) is 5.69 Å². The highest BCUT2D eigenvalue weighted by atomic mass is 127. The third-order valence-corrected chi connectivity index (χ3v) is 6.06. The average Bonchev–Trinajstić information content (AvgIpc) is 3.08. The Balaban J connectivity index is 1.68. The number of amides is 1. The molecule has 0 unspecified atom stereocenters. The van der Waals surface area contributed by atoms with Gasteiger partial charge in [-0.05, 0) is 113 Å². The zero-order chi connectivity index (χ0) is 19.8. The van der Waals surface area contributed by atoms with Gasteiger partial charge in [-0.2, -0.15) is 0 Å². The summed E-state index contributed by atoms with van der Waals surface area (Å²) in [6.07, 6.45) is 0. The van der Waals surface area contributed by atoms with E-state index in [9.17, 15) is 4.79 Å². The summed E-state index contributed by atoms with van der Waals surface area (Å²) in [5.41, 5.74) is 5.91. The number of hydrogen-bond donors (Lipinski definition) is 1. The number of fused-ring (bicyclic) bond motifs is 1. The molecule has 0 saturated heterocycles. The van der Waals surface area contributed by atoms with E-state index in [0.29, 0.717) is 11.5 Å². The molecule has 0 aliphatic carbocycles. The molecule has 0 radical (unpaired) electrons. The van der Waals surface area contributed by atoms with Crippen molar-refractivity contribution >= 4 is 67.9 Å². The Kier molecular flexibility index (Phi) is 5.42. The predicted octanol–water partition coefficient (Wildman–Crippen LogP) is 6.57. The summed E-state index contributed by atoms with van der Waals surface area (Å²) in [7, 11) is 0. The van der Waals surface area contributed by atoms with Crippen LogP contribution < -0.4 is 5.32 Å². The van der Waals surface area contributed by atoms with Gasteiger partial charge < -0.3 is 9.73 Å². The molecule has 28 heavy (non-hydrogen) atoms. The summed E-state index contributed by atoms with van der Waals surface area (Å²) >= 11 is 4.39. The molecule has 0 spiro atoms. The highest BCUT2D eigenvalue weighted by Crippen LogP contribution is 2.29. The predicted molar refractivity (Wildman–Crippen MR) is 129 cm³/mol. The van der Waals surface area contributed by atoms with E-state index in [2.05, 4.69) is 55.5 Å². The fraction of sp³-hybridized carbons (Fsp3) is 0.0909. The van der Waals surface area contributed by atoms with Crippen molar-refractivity contribution in [2.75, 3.05) is 5.32 Å². The van der Waals surface area contributed by atoms with Gasteiger partial charge in [0.25, 0.3) is 5.91 Å². The van der Waals surface area contributed by atoms with E-state index in [-0.39, 0.29) is 5.91 Å². The largest absolute Gasteiger partial charge is 0.436 e. The fourth-order valence-electron chi connectivity index (χ4n) is 2.91. The lowest BCUT2D eigenvalue weighted by atomic mass is 10.1. The minimum absolute atomic E-state index is 0.128. The molecule has 1 N–H and O–H groups in total. The number of oxazole rings is 1. The summed E-state index contributed by atoms with van der Waals surface area (Å²) in [6, 6.07) is 17.6.